The summed E-state index contributed by atoms with van der Waals surface area (Å²) < 4.78 is 11.6. The number of benzene rings is 3. The molecule has 0 aliphatic heterocycles. The molecule has 3 aromatic rings. The van der Waals surface area contributed by atoms with E-state index in [4.69, 9.17) is 9.47 Å². The molecule has 6 heteroatoms. The van der Waals surface area contributed by atoms with Crippen molar-refractivity contribution in [1.29, 1.82) is 0 Å². The number of anilines is 1. The van der Waals surface area contributed by atoms with Crippen LogP contribution in [0, 0.1) is 0 Å². The van der Waals surface area contributed by atoms with Crippen LogP contribution in [0.3, 0.4) is 0 Å². The van der Waals surface area contributed by atoms with Crippen molar-refractivity contribution in [3.63, 3.8) is 0 Å². The number of hydrogen-bond donors (Lipinski definition) is 2. The molecule has 1 unspecified atom stereocenters. The van der Waals surface area contributed by atoms with Crippen LogP contribution in [0.5, 0.6) is 11.5 Å². The van der Waals surface area contributed by atoms with Crippen LogP contribution in [-0.4, -0.2) is 31.1 Å². The Morgan fingerprint density at radius 2 is 1.41 bits per heavy atom. The van der Waals surface area contributed by atoms with Crippen molar-refractivity contribution in [1.82, 2.24) is 5.32 Å². The monoisotopic (exact) mass is 460 g/mol. The third kappa shape index (κ3) is 7.37. The number of carbonyl (C=O) groups excluding carboxylic acids is 2. The Kier molecular flexibility index (Phi) is 9.52. The van der Waals surface area contributed by atoms with Gasteiger partial charge in [0.2, 0.25) is 5.91 Å². The molecule has 0 fully saturated rings. The fourth-order valence-corrected chi connectivity index (χ4v) is 3.36. The molecule has 0 aromatic heterocycles. The van der Waals surface area contributed by atoms with Crippen LogP contribution in [-0.2, 0) is 11.2 Å². The molecule has 3 rings (SSSR count). The highest BCUT2D eigenvalue weighted by atomic mass is 16.5. The van der Waals surface area contributed by atoms with Crippen molar-refractivity contribution in [2.75, 3.05) is 18.5 Å². The van der Waals surface area contributed by atoms with Crippen LogP contribution in [0.15, 0.2) is 78.9 Å². The summed E-state index contributed by atoms with van der Waals surface area (Å²) >= 11 is 0. The third-order valence-electron chi connectivity index (χ3n) is 5.08. The first-order chi connectivity index (χ1) is 16.6. The summed E-state index contributed by atoms with van der Waals surface area (Å²) in [5, 5.41) is 5.81. The van der Waals surface area contributed by atoms with Gasteiger partial charge < -0.3 is 20.1 Å². The molecule has 2 N–H and O–H groups in total. The zero-order valence-corrected chi connectivity index (χ0v) is 19.8. The lowest BCUT2D eigenvalue weighted by atomic mass is 10.0. The Labute approximate surface area is 201 Å². The molecule has 0 spiro atoms. The fourth-order valence-electron chi connectivity index (χ4n) is 3.36. The quantitative estimate of drug-likeness (QED) is 0.387. The zero-order chi connectivity index (χ0) is 24.2. The normalized spacial score (nSPS) is 11.4. The first kappa shape index (κ1) is 24.8. The number of amides is 2. The lowest BCUT2D eigenvalue weighted by molar-refractivity contribution is -0.118. The standard InChI is InChI=1S/C28H32N2O4/c1-3-17-33-25-16-15-23(20-26(25)34-18-4-2)29-28(32)24(19-21-11-7-5-8-12-21)30-27(31)22-13-9-6-10-14-22/h5-16,20,24H,3-4,17-19H2,1-2H3,(H,29,32)(H,30,31). The van der Waals surface area contributed by atoms with E-state index in [0.29, 0.717) is 42.4 Å². The average Bonchev–Trinajstić information content (AvgIpc) is 2.87. The number of nitrogens with one attached hydrogen (secondary N) is 2. The summed E-state index contributed by atoms with van der Waals surface area (Å²) in [6.07, 6.45) is 2.10. The van der Waals surface area contributed by atoms with Gasteiger partial charge in [0.05, 0.1) is 13.2 Å². The largest absolute Gasteiger partial charge is 0.490 e. The van der Waals surface area contributed by atoms with Crippen LogP contribution in [0.4, 0.5) is 5.69 Å². The van der Waals surface area contributed by atoms with E-state index in [1.54, 1.807) is 42.5 Å². The van der Waals surface area contributed by atoms with Gasteiger partial charge in [-0.2, -0.15) is 0 Å². The summed E-state index contributed by atoms with van der Waals surface area (Å²) in [5.74, 6) is 0.622. The summed E-state index contributed by atoms with van der Waals surface area (Å²) in [5.41, 5.74) is 2.03. The Balaban J connectivity index is 1.79. The van der Waals surface area contributed by atoms with Crippen molar-refractivity contribution >= 4 is 17.5 Å². The highest BCUT2D eigenvalue weighted by molar-refractivity contribution is 6.01. The molecular formula is C28H32N2O4. The molecule has 178 valence electrons. The minimum Gasteiger partial charge on any atom is -0.490 e. The van der Waals surface area contributed by atoms with Gasteiger partial charge in [-0.1, -0.05) is 62.4 Å². The van der Waals surface area contributed by atoms with Crippen LogP contribution in [0.1, 0.15) is 42.6 Å². The van der Waals surface area contributed by atoms with Crippen LogP contribution in [0.2, 0.25) is 0 Å². The van der Waals surface area contributed by atoms with E-state index in [0.717, 1.165) is 18.4 Å². The lowest BCUT2D eigenvalue weighted by Crippen LogP contribution is -2.45. The van der Waals surface area contributed by atoms with Crippen molar-refractivity contribution in [3.8, 4) is 11.5 Å². The number of carbonyl (C=O) groups is 2. The molecule has 0 aliphatic rings. The predicted molar refractivity (Wildman–Crippen MR) is 134 cm³/mol. The van der Waals surface area contributed by atoms with Crippen molar-refractivity contribution in [2.24, 2.45) is 0 Å². The van der Waals surface area contributed by atoms with Gasteiger partial charge in [-0.25, -0.2) is 0 Å². The van der Waals surface area contributed by atoms with E-state index in [9.17, 15) is 9.59 Å². The summed E-state index contributed by atoms with van der Waals surface area (Å²) in [6.45, 7) is 5.20. The molecule has 0 aliphatic carbocycles. The van der Waals surface area contributed by atoms with E-state index in [2.05, 4.69) is 10.6 Å². The molecule has 0 bridgehead atoms. The highest BCUT2D eigenvalue weighted by Gasteiger charge is 2.22. The molecule has 0 saturated carbocycles. The topological polar surface area (TPSA) is 76.7 Å². The third-order valence-corrected chi connectivity index (χ3v) is 5.08. The van der Waals surface area contributed by atoms with Gasteiger partial charge in [-0.3, -0.25) is 9.59 Å². The Morgan fingerprint density at radius 1 is 0.794 bits per heavy atom. The maximum atomic E-state index is 13.3. The second kappa shape index (κ2) is 13.0. The zero-order valence-electron chi connectivity index (χ0n) is 19.8. The maximum absolute atomic E-state index is 13.3. The Hall–Kier alpha value is -3.80. The van der Waals surface area contributed by atoms with Gasteiger partial charge in [0.1, 0.15) is 6.04 Å². The lowest BCUT2D eigenvalue weighted by Gasteiger charge is -2.20. The second-order valence-corrected chi connectivity index (χ2v) is 7.93. The van der Waals surface area contributed by atoms with Gasteiger partial charge in [0.25, 0.3) is 5.91 Å². The van der Waals surface area contributed by atoms with Gasteiger partial charge >= 0.3 is 0 Å². The van der Waals surface area contributed by atoms with E-state index < -0.39 is 6.04 Å². The first-order valence-electron chi connectivity index (χ1n) is 11.7. The Bertz CT molecular complexity index is 1050. The van der Waals surface area contributed by atoms with E-state index in [1.165, 1.54) is 0 Å². The SMILES string of the molecule is CCCOc1ccc(NC(=O)C(Cc2ccccc2)NC(=O)c2ccccc2)cc1OCCC. The summed E-state index contributed by atoms with van der Waals surface area (Å²) in [4.78, 5) is 26.1. The van der Waals surface area contributed by atoms with Crippen molar-refractivity contribution < 1.29 is 19.1 Å². The number of ether oxygens (including phenoxy) is 2. The van der Waals surface area contributed by atoms with Crippen LogP contribution >= 0.6 is 0 Å². The highest BCUT2D eigenvalue weighted by Crippen LogP contribution is 2.31. The molecule has 6 nitrogen and oxygen atoms in total. The molecule has 2 amide bonds. The molecular weight excluding hydrogens is 428 g/mol. The molecule has 0 radical (unpaired) electrons. The smallest absolute Gasteiger partial charge is 0.251 e. The molecule has 3 aromatic carbocycles. The van der Waals surface area contributed by atoms with Crippen molar-refractivity contribution in [2.45, 2.75) is 39.2 Å². The Morgan fingerprint density at radius 3 is 2.06 bits per heavy atom. The fraction of sp³-hybridized carbons (Fsp3) is 0.286. The molecule has 0 heterocycles. The van der Waals surface area contributed by atoms with Gasteiger partial charge in [-0.15, -0.1) is 0 Å². The summed E-state index contributed by atoms with van der Waals surface area (Å²) in [7, 11) is 0. The average molecular weight is 461 g/mol. The number of hydrogen-bond acceptors (Lipinski definition) is 4. The van der Waals surface area contributed by atoms with Gasteiger partial charge in [-0.05, 0) is 42.7 Å². The minimum atomic E-state index is -0.758. The van der Waals surface area contributed by atoms with Gasteiger partial charge in [0, 0.05) is 23.7 Å². The van der Waals surface area contributed by atoms with Crippen molar-refractivity contribution in [3.05, 3.63) is 90.0 Å². The van der Waals surface area contributed by atoms with E-state index in [-0.39, 0.29) is 11.8 Å². The maximum Gasteiger partial charge on any atom is 0.251 e. The first-order valence-corrected chi connectivity index (χ1v) is 11.7. The van der Waals surface area contributed by atoms with Crippen LogP contribution in [0.25, 0.3) is 0 Å². The minimum absolute atomic E-state index is 0.299. The van der Waals surface area contributed by atoms with E-state index >= 15 is 0 Å². The second-order valence-electron chi connectivity index (χ2n) is 7.93. The van der Waals surface area contributed by atoms with Crippen LogP contribution < -0.4 is 20.1 Å². The molecule has 0 saturated heterocycles. The predicted octanol–water partition coefficient (Wildman–Crippen LogP) is 5.24. The summed E-state index contributed by atoms with van der Waals surface area (Å²) in [6, 6.07) is 23.1. The molecule has 34 heavy (non-hydrogen) atoms. The number of rotatable bonds is 12. The van der Waals surface area contributed by atoms with E-state index in [1.807, 2.05) is 50.2 Å². The van der Waals surface area contributed by atoms with Gasteiger partial charge in [0.15, 0.2) is 11.5 Å². The molecule has 1 atom stereocenters.